The van der Waals surface area contributed by atoms with Crippen molar-refractivity contribution >= 4 is 23.1 Å². The van der Waals surface area contributed by atoms with Gasteiger partial charge in [0.1, 0.15) is 5.82 Å². The Morgan fingerprint density at radius 3 is 2.22 bits per heavy atom. The highest BCUT2D eigenvalue weighted by Gasteiger charge is 2.30. The molecule has 0 amide bonds. The summed E-state index contributed by atoms with van der Waals surface area (Å²) < 4.78 is 46.6. The highest BCUT2D eigenvalue weighted by atomic mass is 35.5. The van der Waals surface area contributed by atoms with E-state index in [4.69, 9.17) is 21.3 Å². The predicted octanol–water partition coefficient (Wildman–Crippen LogP) is 10.4. The maximum Gasteiger partial charge on any atom is 0.416 e. The van der Waals surface area contributed by atoms with Crippen molar-refractivity contribution in [3.05, 3.63) is 130 Å². The van der Waals surface area contributed by atoms with Crippen LogP contribution < -0.4 is 0 Å². The van der Waals surface area contributed by atoms with Crippen molar-refractivity contribution in [2.75, 3.05) is 13.0 Å². The van der Waals surface area contributed by atoms with Crippen molar-refractivity contribution in [2.24, 2.45) is 0 Å². The molecule has 0 atom stereocenters. The minimum Gasteiger partial charge on any atom is -0.465 e. The Morgan fingerprint density at radius 2 is 1.62 bits per heavy atom. The summed E-state index contributed by atoms with van der Waals surface area (Å²) in [5, 5.41) is 0. The van der Waals surface area contributed by atoms with Crippen LogP contribution in [-0.2, 0) is 23.9 Å². The number of allylic oxidation sites excluding steroid dienone is 4. The summed E-state index contributed by atoms with van der Waals surface area (Å²) in [6.45, 7) is 8.63. The molecule has 0 aliphatic heterocycles. The van der Waals surface area contributed by atoms with Crippen molar-refractivity contribution in [1.29, 1.82) is 0 Å². The molecule has 4 rings (SSSR count). The first-order valence-corrected chi connectivity index (χ1v) is 15.5. The van der Waals surface area contributed by atoms with Crippen molar-refractivity contribution in [3.8, 4) is 11.1 Å². The predicted molar refractivity (Wildman–Crippen MR) is 178 cm³/mol. The fourth-order valence-electron chi connectivity index (χ4n) is 4.81. The lowest BCUT2D eigenvalue weighted by molar-refractivity contribution is -0.137. The van der Waals surface area contributed by atoms with Crippen LogP contribution in [-0.4, -0.2) is 28.5 Å². The number of benzene rings is 3. The third kappa shape index (κ3) is 9.95. The third-order valence-electron chi connectivity index (χ3n) is 7.32. The zero-order valence-electron chi connectivity index (χ0n) is 26.4. The summed E-state index contributed by atoms with van der Waals surface area (Å²) >= 11 is 5.87. The maximum absolute atomic E-state index is 13.2. The summed E-state index contributed by atoms with van der Waals surface area (Å²) in [4.78, 5) is 16.9. The molecule has 0 radical (unpaired) electrons. The zero-order chi connectivity index (χ0) is 33.0. The monoisotopic (exact) mass is 636 g/mol. The van der Waals surface area contributed by atoms with Gasteiger partial charge in [-0.05, 0) is 78.8 Å². The van der Waals surface area contributed by atoms with Gasteiger partial charge in [-0.1, -0.05) is 80.1 Å². The molecule has 0 bridgehead atoms. The van der Waals surface area contributed by atoms with Crippen LogP contribution in [0, 0.1) is 0 Å². The summed E-state index contributed by atoms with van der Waals surface area (Å²) in [5.41, 5.74) is 6.26. The molecule has 0 unspecified atom stereocenters. The molecule has 4 aromatic rings. The third-order valence-corrected chi connectivity index (χ3v) is 7.47. The lowest BCUT2D eigenvalue weighted by Gasteiger charge is -2.10. The van der Waals surface area contributed by atoms with Gasteiger partial charge in [-0.3, -0.25) is 0 Å². The van der Waals surface area contributed by atoms with Gasteiger partial charge >= 0.3 is 12.1 Å². The van der Waals surface area contributed by atoms with E-state index in [9.17, 15) is 18.0 Å². The Morgan fingerprint density at radius 1 is 0.956 bits per heavy atom. The number of ether oxygens (including phenoxy) is 1. The fourth-order valence-corrected chi connectivity index (χ4v) is 5.07. The van der Waals surface area contributed by atoms with Gasteiger partial charge < -0.3 is 9.30 Å². The van der Waals surface area contributed by atoms with Gasteiger partial charge in [-0.25, -0.2) is 9.78 Å². The van der Waals surface area contributed by atoms with Gasteiger partial charge in [-0.15, -0.1) is 11.6 Å². The van der Waals surface area contributed by atoms with Crippen LogP contribution >= 0.6 is 11.6 Å². The van der Waals surface area contributed by atoms with E-state index in [1.165, 1.54) is 24.8 Å². The van der Waals surface area contributed by atoms with Crippen LogP contribution in [0.4, 0.5) is 13.2 Å². The van der Waals surface area contributed by atoms with Gasteiger partial charge in [0.15, 0.2) is 0 Å². The lowest BCUT2D eigenvalue weighted by atomic mass is 10.0. The number of nitrogens with zero attached hydrogens (tertiary/aromatic N) is 2. The van der Waals surface area contributed by atoms with Crippen LogP contribution in [0.1, 0.15) is 79.1 Å². The molecule has 4 nitrogen and oxygen atoms in total. The summed E-state index contributed by atoms with van der Waals surface area (Å²) in [6, 6.07) is 20.2. The second-order valence-corrected chi connectivity index (χ2v) is 10.6. The molecule has 45 heavy (non-hydrogen) atoms. The minimum atomic E-state index is -4.39. The van der Waals surface area contributed by atoms with Crippen molar-refractivity contribution < 1.29 is 22.7 Å². The SMILES string of the molecule is C/C=C(\CC/C(C)=C\CCl)c1cn(Cc2ccc(C(=O)OC)cc2)c(Cc2ccc(-c3cccc(C(F)(F)F)c3)cc2)n1.CC. The molecular weight excluding hydrogens is 597 g/mol. The topological polar surface area (TPSA) is 44.1 Å². The van der Waals surface area contributed by atoms with Gasteiger partial charge in [-0.2, -0.15) is 13.2 Å². The standard InChI is InChI=1S/C35H34ClF3N2O2.C2H6/c1-4-27(13-8-24(2)18-19-36)32-23-41(22-26-11-16-29(17-12-26)34(42)43-3)33(40-32)20-25-9-14-28(15-10-25)30-6-5-7-31(21-30)35(37,38)39;1-2/h4-7,9-12,14-18,21,23H,8,13,19-20,22H2,1-3H3;1-2H3/b24-18-,27-4+;. The van der Waals surface area contributed by atoms with E-state index in [0.29, 0.717) is 35.5 Å². The zero-order valence-corrected chi connectivity index (χ0v) is 27.2. The van der Waals surface area contributed by atoms with Crippen LogP contribution in [0.2, 0.25) is 0 Å². The van der Waals surface area contributed by atoms with E-state index in [1.807, 2.05) is 63.2 Å². The maximum atomic E-state index is 13.2. The van der Waals surface area contributed by atoms with Gasteiger partial charge in [0.25, 0.3) is 0 Å². The lowest BCUT2D eigenvalue weighted by Crippen LogP contribution is -2.06. The van der Waals surface area contributed by atoms with Gasteiger partial charge in [0, 0.05) is 25.0 Å². The smallest absolute Gasteiger partial charge is 0.416 e. The van der Waals surface area contributed by atoms with E-state index in [2.05, 4.69) is 23.8 Å². The highest BCUT2D eigenvalue weighted by Crippen LogP contribution is 2.32. The molecule has 1 aromatic heterocycles. The number of hydrogen-bond acceptors (Lipinski definition) is 3. The Kier molecular flexibility index (Phi) is 13.2. The molecule has 1 heterocycles. The van der Waals surface area contributed by atoms with E-state index < -0.39 is 11.7 Å². The molecule has 0 fully saturated rings. The molecule has 238 valence electrons. The molecule has 0 N–H and O–H groups in total. The number of esters is 1. The number of imidazole rings is 1. The Balaban J connectivity index is 0.00000271. The molecule has 0 aliphatic carbocycles. The molecule has 0 saturated carbocycles. The Labute approximate surface area is 269 Å². The average molecular weight is 637 g/mol. The van der Waals surface area contributed by atoms with Crippen molar-refractivity contribution in [1.82, 2.24) is 9.55 Å². The number of carbonyl (C=O) groups is 1. The molecule has 0 spiro atoms. The molecule has 3 aromatic carbocycles. The van der Waals surface area contributed by atoms with Crippen molar-refractivity contribution in [2.45, 2.75) is 59.7 Å². The number of alkyl halides is 4. The van der Waals surface area contributed by atoms with Crippen molar-refractivity contribution in [3.63, 3.8) is 0 Å². The van der Waals surface area contributed by atoms with Crippen LogP contribution in [0.25, 0.3) is 16.7 Å². The van der Waals surface area contributed by atoms with E-state index in [1.54, 1.807) is 18.2 Å². The summed E-state index contributed by atoms with van der Waals surface area (Å²) in [7, 11) is 1.35. The normalized spacial score (nSPS) is 12.0. The first-order chi connectivity index (χ1) is 21.6. The van der Waals surface area contributed by atoms with Gasteiger partial charge in [0.2, 0.25) is 0 Å². The summed E-state index contributed by atoms with van der Waals surface area (Å²) in [6.07, 6.45) is 3.99. The van der Waals surface area contributed by atoms with E-state index in [0.717, 1.165) is 47.1 Å². The largest absolute Gasteiger partial charge is 0.465 e. The highest BCUT2D eigenvalue weighted by molar-refractivity contribution is 6.18. The second-order valence-electron chi connectivity index (χ2n) is 10.3. The first kappa shape index (κ1) is 35.4. The number of rotatable bonds is 11. The average Bonchev–Trinajstić information content (AvgIpc) is 3.43. The quantitative estimate of drug-likeness (QED) is 0.0934. The van der Waals surface area contributed by atoms with E-state index in [-0.39, 0.29) is 5.97 Å². The minimum absolute atomic E-state index is 0.387. The number of hydrogen-bond donors (Lipinski definition) is 0. The molecule has 0 aliphatic rings. The van der Waals surface area contributed by atoms with Crippen LogP contribution in [0.3, 0.4) is 0 Å². The molecule has 0 saturated heterocycles. The van der Waals surface area contributed by atoms with Gasteiger partial charge in [0.05, 0.1) is 23.9 Å². The Bertz CT molecular complexity index is 1600. The Hall–Kier alpha value is -4.10. The number of methoxy groups -OCH3 is 1. The molecule has 8 heteroatoms. The van der Waals surface area contributed by atoms with E-state index >= 15 is 0 Å². The summed E-state index contributed by atoms with van der Waals surface area (Å²) in [5.74, 6) is 0.949. The number of carbonyl (C=O) groups excluding carboxylic acids is 1. The van der Waals surface area contributed by atoms with Crippen LogP contribution in [0.5, 0.6) is 0 Å². The number of halogens is 4. The number of aromatic nitrogens is 2. The fraction of sp³-hybridized carbons (Fsp3) is 0.297. The second kappa shape index (κ2) is 16.8. The van der Waals surface area contributed by atoms with Crippen LogP contribution in [0.15, 0.2) is 96.7 Å². The molecular formula is C37H40ClF3N2O2. The first-order valence-electron chi connectivity index (χ1n) is 15.0.